The Balaban J connectivity index is 2.23. The minimum Gasteiger partial charge on any atom is -0.368 e. The molecule has 2 N–H and O–H groups in total. The molecule has 0 aliphatic carbocycles. The molecule has 98 valence electrons. The average Bonchev–Trinajstić information content (AvgIpc) is 2.39. The third kappa shape index (κ3) is 3.85. The second kappa shape index (κ2) is 6.05. The topological polar surface area (TPSA) is 46.3 Å². The Morgan fingerprint density at radius 2 is 1.84 bits per heavy atom. The molecule has 0 radical (unpaired) electrons. The lowest BCUT2D eigenvalue weighted by molar-refractivity contribution is -0.116. The van der Waals surface area contributed by atoms with Gasteiger partial charge in [-0.15, -0.1) is 0 Å². The summed E-state index contributed by atoms with van der Waals surface area (Å²) in [5.74, 6) is -0.322. The van der Waals surface area contributed by atoms with Crippen LogP contribution in [0, 0.1) is 6.92 Å². The molecule has 2 aromatic carbocycles. The quantitative estimate of drug-likeness (QED) is 0.891. The Morgan fingerprint density at radius 1 is 1.11 bits per heavy atom. The van der Waals surface area contributed by atoms with Gasteiger partial charge in [-0.1, -0.05) is 42.5 Å². The summed E-state index contributed by atoms with van der Waals surface area (Å²) in [6, 6.07) is 18.1. The second-order valence-electron chi connectivity index (χ2n) is 4.65. The highest BCUT2D eigenvalue weighted by atomic mass is 16.1. The molecule has 0 aromatic heterocycles. The summed E-state index contributed by atoms with van der Waals surface area (Å²) in [6.45, 7) is 2.93. The van der Waals surface area contributed by atoms with Crippen molar-refractivity contribution >= 4 is 11.6 Å². The van der Waals surface area contributed by atoms with Crippen molar-refractivity contribution in [1.82, 2.24) is 0 Å². The molecule has 0 aliphatic heterocycles. The molecular weight excluding hydrogens is 236 g/mol. The second-order valence-corrected chi connectivity index (χ2v) is 4.65. The van der Waals surface area contributed by atoms with Gasteiger partial charge in [0.05, 0.1) is 6.54 Å². The van der Waals surface area contributed by atoms with Gasteiger partial charge in [0.15, 0.2) is 0 Å². The summed E-state index contributed by atoms with van der Waals surface area (Å²) >= 11 is 0. The van der Waals surface area contributed by atoms with Crippen LogP contribution in [0.2, 0.25) is 0 Å². The molecule has 0 spiro atoms. The monoisotopic (exact) mass is 254 g/mol. The van der Waals surface area contributed by atoms with Crippen LogP contribution in [0.4, 0.5) is 5.69 Å². The minimum atomic E-state index is -0.322. The van der Waals surface area contributed by atoms with Crippen LogP contribution in [0.1, 0.15) is 11.1 Å². The molecule has 0 fully saturated rings. The molecule has 0 aliphatic rings. The average molecular weight is 254 g/mol. The first-order valence-electron chi connectivity index (χ1n) is 6.29. The van der Waals surface area contributed by atoms with E-state index < -0.39 is 0 Å². The van der Waals surface area contributed by atoms with Crippen LogP contribution in [-0.2, 0) is 11.3 Å². The van der Waals surface area contributed by atoms with E-state index in [2.05, 4.69) is 6.07 Å². The number of hydrogen-bond acceptors (Lipinski definition) is 2. The van der Waals surface area contributed by atoms with Crippen LogP contribution in [0.3, 0.4) is 0 Å². The zero-order valence-corrected chi connectivity index (χ0v) is 11.0. The van der Waals surface area contributed by atoms with Crippen molar-refractivity contribution in [2.24, 2.45) is 5.73 Å². The van der Waals surface area contributed by atoms with Crippen molar-refractivity contribution < 1.29 is 4.79 Å². The molecule has 2 aromatic rings. The van der Waals surface area contributed by atoms with E-state index in [9.17, 15) is 4.79 Å². The molecule has 0 saturated carbocycles. The Hall–Kier alpha value is -2.29. The van der Waals surface area contributed by atoms with E-state index in [0.29, 0.717) is 6.54 Å². The van der Waals surface area contributed by atoms with Crippen molar-refractivity contribution in [3.05, 3.63) is 65.7 Å². The number of hydrogen-bond donors (Lipinski definition) is 1. The van der Waals surface area contributed by atoms with E-state index in [1.165, 1.54) is 5.56 Å². The lowest BCUT2D eigenvalue weighted by Gasteiger charge is -2.23. The number of anilines is 1. The van der Waals surface area contributed by atoms with Gasteiger partial charge in [0, 0.05) is 12.2 Å². The van der Waals surface area contributed by atoms with E-state index in [-0.39, 0.29) is 12.5 Å². The molecule has 0 unspecified atom stereocenters. The first kappa shape index (κ1) is 13.1. The number of carbonyl (C=O) groups is 1. The van der Waals surface area contributed by atoms with Crippen molar-refractivity contribution in [1.29, 1.82) is 0 Å². The smallest absolute Gasteiger partial charge is 0.236 e. The Bertz CT molecular complexity index is 552. The maximum atomic E-state index is 11.2. The number of rotatable bonds is 5. The van der Waals surface area contributed by atoms with Crippen molar-refractivity contribution in [3.8, 4) is 0 Å². The minimum absolute atomic E-state index is 0.221. The molecular formula is C16H18N2O. The van der Waals surface area contributed by atoms with Crippen LogP contribution in [-0.4, -0.2) is 12.5 Å². The van der Waals surface area contributed by atoms with Gasteiger partial charge >= 0.3 is 0 Å². The zero-order valence-electron chi connectivity index (χ0n) is 11.0. The summed E-state index contributed by atoms with van der Waals surface area (Å²) in [7, 11) is 0. The summed E-state index contributed by atoms with van der Waals surface area (Å²) < 4.78 is 0. The molecule has 19 heavy (non-hydrogen) atoms. The summed E-state index contributed by atoms with van der Waals surface area (Å²) in [5.41, 5.74) is 8.68. The maximum Gasteiger partial charge on any atom is 0.236 e. The third-order valence-corrected chi connectivity index (χ3v) is 2.93. The molecule has 0 heterocycles. The molecule has 2 rings (SSSR count). The summed E-state index contributed by atoms with van der Waals surface area (Å²) in [6.07, 6.45) is 0. The highest BCUT2D eigenvalue weighted by molar-refractivity contribution is 5.79. The van der Waals surface area contributed by atoms with Crippen molar-refractivity contribution in [3.63, 3.8) is 0 Å². The standard InChI is InChI=1S/C16H18N2O/c1-13-6-5-9-15(10-13)18(12-16(17)19)11-14-7-3-2-4-8-14/h2-10H,11-12H2,1H3,(H2,17,19). The van der Waals surface area contributed by atoms with Gasteiger partial charge in [0.2, 0.25) is 5.91 Å². The molecule has 0 atom stereocenters. The largest absolute Gasteiger partial charge is 0.368 e. The molecule has 1 amide bonds. The molecule has 0 bridgehead atoms. The first-order valence-corrected chi connectivity index (χ1v) is 6.29. The molecule has 0 saturated heterocycles. The number of aryl methyl sites for hydroxylation is 1. The van der Waals surface area contributed by atoms with Gasteiger partial charge in [0.25, 0.3) is 0 Å². The Kier molecular flexibility index (Phi) is 4.18. The van der Waals surface area contributed by atoms with Gasteiger partial charge in [-0.25, -0.2) is 0 Å². The number of amides is 1. The van der Waals surface area contributed by atoms with Crippen molar-refractivity contribution in [2.45, 2.75) is 13.5 Å². The number of carbonyl (C=O) groups excluding carboxylic acids is 1. The number of nitrogens with two attached hydrogens (primary N) is 1. The third-order valence-electron chi connectivity index (χ3n) is 2.93. The number of nitrogens with zero attached hydrogens (tertiary/aromatic N) is 1. The summed E-state index contributed by atoms with van der Waals surface area (Å²) in [5, 5.41) is 0. The van der Waals surface area contributed by atoms with Gasteiger partial charge in [0.1, 0.15) is 0 Å². The Labute approximate surface area is 113 Å². The van der Waals surface area contributed by atoms with Crippen LogP contribution in [0.25, 0.3) is 0 Å². The Morgan fingerprint density at radius 3 is 2.47 bits per heavy atom. The van der Waals surface area contributed by atoms with E-state index in [4.69, 9.17) is 5.73 Å². The first-order chi connectivity index (χ1) is 9.15. The van der Waals surface area contributed by atoms with Crippen molar-refractivity contribution in [2.75, 3.05) is 11.4 Å². The van der Waals surface area contributed by atoms with Crippen LogP contribution >= 0.6 is 0 Å². The fourth-order valence-corrected chi connectivity index (χ4v) is 2.06. The predicted octanol–water partition coefficient (Wildman–Crippen LogP) is 2.49. The van der Waals surface area contributed by atoms with E-state index >= 15 is 0 Å². The van der Waals surface area contributed by atoms with E-state index in [1.807, 2.05) is 60.4 Å². The maximum absolute atomic E-state index is 11.2. The van der Waals surface area contributed by atoms with Crippen LogP contribution < -0.4 is 10.6 Å². The van der Waals surface area contributed by atoms with Crippen LogP contribution in [0.5, 0.6) is 0 Å². The van der Waals surface area contributed by atoms with Gasteiger partial charge < -0.3 is 10.6 Å². The highest BCUT2D eigenvalue weighted by Crippen LogP contribution is 2.18. The van der Waals surface area contributed by atoms with Gasteiger partial charge in [-0.3, -0.25) is 4.79 Å². The number of benzene rings is 2. The number of primary amides is 1. The van der Waals surface area contributed by atoms with Gasteiger partial charge in [-0.05, 0) is 30.2 Å². The fraction of sp³-hybridized carbons (Fsp3) is 0.188. The SMILES string of the molecule is Cc1cccc(N(CC(N)=O)Cc2ccccc2)c1. The lowest BCUT2D eigenvalue weighted by Crippen LogP contribution is -2.33. The normalized spacial score (nSPS) is 10.2. The zero-order chi connectivity index (χ0) is 13.7. The highest BCUT2D eigenvalue weighted by Gasteiger charge is 2.10. The van der Waals surface area contributed by atoms with E-state index in [1.54, 1.807) is 0 Å². The predicted molar refractivity (Wildman–Crippen MR) is 77.9 cm³/mol. The fourth-order valence-electron chi connectivity index (χ4n) is 2.06. The summed E-state index contributed by atoms with van der Waals surface area (Å²) in [4.78, 5) is 13.2. The van der Waals surface area contributed by atoms with Gasteiger partial charge in [-0.2, -0.15) is 0 Å². The molecule has 3 heteroatoms. The van der Waals surface area contributed by atoms with Crippen LogP contribution in [0.15, 0.2) is 54.6 Å². The molecule has 3 nitrogen and oxygen atoms in total. The lowest BCUT2D eigenvalue weighted by atomic mass is 10.1. The van der Waals surface area contributed by atoms with E-state index in [0.717, 1.165) is 11.3 Å².